The summed E-state index contributed by atoms with van der Waals surface area (Å²) in [7, 11) is 2.05. The Morgan fingerprint density at radius 2 is 1.53 bits per heavy atom. The SMILES string of the molecule is CN1C(=O)CC[C@]2(C)[C@H]3CC[C@]4(C)[C@@H](C(=O)NC5C6CC7CC(C6)CC5C7)CC[C@H]4[C@@H]3CC[C@@H]12. The summed E-state index contributed by atoms with van der Waals surface area (Å²) in [5.41, 5.74) is 0.449. The van der Waals surface area contributed by atoms with Crippen LogP contribution in [0, 0.1) is 58.2 Å². The molecule has 0 unspecified atom stereocenters. The molecule has 0 radical (unpaired) electrons. The van der Waals surface area contributed by atoms with E-state index in [9.17, 15) is 9.59 Å². The average molecular weight is 467 g/mol. The smallest absolute Gasteiger partial charge is 0.223 e. The molecule has 4 nitrogen and oxygen atoms in total. The number of amides is 2. The number of hydrogen-bond acceptors (Lipinski definition) is 2. The van der Waals surface area contributed by atoms with Gasteiger partial charge < -0.3 is 10.2 Å². The summed E-state index contributed by atoms with van der Waals surface area (Å²) in [6, 6.07) is 0.903. The molecule has 7 saturated carbocycles. The largest absolute Gasteiger partial charge is 0.353 e. The summed E-state index contributed by atoms with van der Waals surface area (Å²) in [4.78, 5) is 28.4. The Kier molecular flexibility index (Phi) is 4.87. The number of fused-ring (bicyclic) bond motifs is 5. The van der Waals surface area contributed by atoms with E-state index in [2.05, 4.69) is 31.1 Å². The minimum atomic E-state index is 0.177. The van der Waals surface area contributed by atoms with Gasteiger partial charge in [0.2, 0.25) is 11.8 Å². The Morgan fingerprint density at radius 1 is 0.853 bits per heavy atom. The fourth-order valence-corrected chi connectivity index (χ4v) is 12.0. The van der Waals surface area contributed by atoms with Crippen LogP contribution in [0.25, 0.3) is 0 Å². The van der Waals surface area contributed by atoms with Gasteiger partial charge in [-0.1, -0.05) is 13.8 Å². The van der Waals surface area contributed by atoms with Crippen molar-refractivity contribution in [1.82, 2.24) is 10.2 Å². The zero-order chi connectivity index (χ0) is 23.4. The van der Waals surface area contributed by atoms with Gasteiger partial charge in [0.1, 0.15) is 0 Å². The van der Waals surface area contributed by atoms with Crippen LogP contribution in [-0.4, -0.2) is 35.8 Å². The molecule has 0 aromatic carbocycles. The second-order valence-electron chi connectivity index (χ2n) is 14.6. The zero-order valence-corrected chi connectivity index (χ0v) is 21.7. The van der Waals surface area contributed by atoms with Gasteiger partial charge in [0, 0.05) is 31.5 Å². The molecule has 34 heavy (non-hydrogen) atoms. The van der Waals surface area contributed by atoms with E-state index in [-0.39, 0.29) is 16.7 Å². The summed E-state index contributed by atoms with van der Waals surface area (Å²) in [5.74, 6) is 6.62. The molecule has 0 aromatic rings. The highest BCUT2D eigenvalue weighted by Gasteiger charge is 2.62. The van der Waals surface area contributed by atoms with Crippen LogP contribution in [0.15, 0.2) is 0 Å². The van der Waals surface area contributed by atoms with Crippen molar-refractivity contribution in [2.45, 2.75) is 109 Å². The van der Waals surface area contributed by atoms with Gasteiger partial charge in [0.05, 0.1) is 0 Å². The predicted molar refractivity (Wildman–Crippen MR) is 133 cm³/mol. The third kappa shape index (κ3) is 2.95. The number of piperidine rings is 1. The molecule has 8 aliphatic rings. The van der Waals surface area contributed by atoms with Gasteiger partial charge in [0.25, 0.3) is 0 Å². The molecule has 8 rings (SSSR count). The van der Waals surface area contributed by atoms with Crippen molar-refractivity contribution in [3.8, 4) is 0 Å². The number of carbonyl (C=O) groups excluding carboxylic acids is 2. The lowest BCUT2D eigenvalue weighted by Crippen LogP contribution is -2.62. The van der Waals surface area contributed by atoms with E-state index in [0.29, 0.717) is 29.8 Å². The fourth-order valence-electron chi connectivity index (χ4n) is 12.0. The number of rotatable bonds is 2. The zero-order valence-electron chi connectivity index (χ0n) is 21.7. The topological polar surface area (TPSA) is 49.4 Å². The Morgan fingerprint density at radius 3 is 2.24 bits per heavy atom. The average Bonchev–Trinajstić information content (AvgIpc) is 3.16. The third-order valence-electron chi connectivity index (χ3n) is 13.4. The molecule has 0 spiro atoms. The van der Waals surface area contributed by atoms with E-state index in [4.69, 9.17) is 0 Å². The summed E-state index contributed by atoms with van der Waals surface area (Å²) in [6.07, 6.45) is 16.0. The normalized spacial score (nSPS) is 55.5. The molecule has 1 N–H and O–H groups in total. The lowest BCUT2D eigenvalue weighted by molar-refractivity contribution is -0.160. The molecule has 1 saturated heterocycles. The quantitative estimate of drug-likeness (QED) is 0.592. The number of nitrogens with zero attached hydrogens (tertiary/aromatic N) is 1. The summed E-state index contributed by atoms with van der Waals surface area (Å²) in [5, 5.41) is 3.71. The highest BCUT2D eigenvalue weighted by Crippen LogP contribution is 2.66. The van der Waals surface area contributed by atoms with Crippen LogP contribution < -0.4 is 5.32 Å². The van der Waals surface area contributed by atoms with Crippen molar-refractivity contribution in [2.75, 3.05) is 7.05 Å². The first-order valence-electron chi connectivity index (χ1n) is 14.8. The van der Waals surface area contributed by atoms with Crippen molar-refractivity contribution in [3.05, 3.63) is 0 Å². The van der Waals surface area contributed by atoms with Crippen LogP contribution in [0.3, 0.4) is 0 Å². The molecular weight excluding hydrogens is 420 g/mol. The molecule has 1 heterocycles. The van der Waals surface area contributed by atoms with Crippen molar-refractivity contribution >= 4 is 11.8 Å². The lowest BCUT2D eigenvalue weighted by Gasteiger charge is -2.61. The van der Waals surface area contributed by atoms with Crippen LogP contribution >= 0.6 is 0 Å². The summed E-state index contributed by atoms with van der Waals surface area (Å²) in [6.45, 7) is 5.00. The molecule has 8 fully saturated rings. The molecule has 4 heteroatoms. The van der Waals surface area contributed by atoms with Gasteiger partial charge in [-0.05, 0) is 129 Å². The molecule has 188 valence electrons. The highest BCUT2D eigenvalue weighted by molar-refractivity contribution is 5.80. The van der Waals surface area contributed by atoms with Gasteiger partial charge in [-0.2, -0.15) is 0 Å². The van der Waals surface area contributed by atoms with E-state index in [1.165, 1.54) is 57.8 Å². The van der Waals surface area contributed by atoms with Gasteiger partial charge in [-0.25, -0.2) is 0 Å². The predicted octanol–water partition coefficient (Wildman–Crippen LogP) is 5.41. The standard InChI is InChI=1S/C30H46N2O2/c1-29-10-8-23-21(4-7-25-30(23,2)11-9-26(33)32(25)3)22(29)5-6-24(29)28(34)31-27-19-13-17-12-18(15-19)16-20(27)14-17/h17-25,27H,4-16H2,1-3H3,(H,31,34)/t17?,18?,19?,20?,21-,22-,23-,24+,25+,27?,29-,30+/m0/s1. The maximum Gasteiger partial charge on any atom is 0.223 e. The number of carbonyl (C=O) groups is 2. The molecule has 2 amide bonds. The van der Waals surface area contributed by atoms with Gasteiger partial charge in [-0.3, -0.25) is 9.59 Å². The van der Waals surface area contributed by atoms with Crippen molar-refractivity contribution < 1.29 is 9.59 Å². The summed E-state index contributed by atoms with van der Waals surface area (Å²) >= 11 is 0. The van der Waals surface area contributed by atoms with Gasteiger partial charge in [-0.15, -0.1) is 0 Å². The number of hydrogen-bond donors (Lipinski definition) is 1. The van der Waals surface area contributed by atoms with Crippen LogP contribution in [0.4, 0.5) is 0 Å². The first-order chi connectivity index (χ1) is 16.3. The van der Waals surface area contributed by atoms with Crippen LogP contribution in [0.5, 0.6) is 0 Å². The molecule has 7 atom stereocenters. The Balaban J connectivity index is 1.08. The number of nitrogens with one attached hydrogen (secondary N) is 1. The fraction of sp³-hybridized carbons (Fsp3) is 0.933. The number of likely N-dealkylation sites (tertiary alicyclic amines) is 1. The lowest BCUT2D eigenvalue weighted by atomic mass is 9.47. The van der Waals surface area contributed by atoms with Crippen molar-refractivity contribution in [2.24, 2.45) is 58.2 Å². The molecule has 4 bridgehead atoms. The van der Waals surface area contributed by atoms with Crippen molar-refractivity contribution in [1.29, 1.82) is 0 Å². The Bertz CT molecular complexity index is 857. The van der Waals surface area contributed by atoms with E-state index in [1.54, 1.807) is 0 Å². The molecule has 0 aromatic heterocycles. The molecule has 7 aliphatic carbocycles. The van der Waals surface area contributed by atoms with Crippen LogP contribution in [0.2, 0.25) is 0 Å². The minimum absolute atomic E-state index is 0.177. The summed E-state index contributed by atoms with van der Waals surface area (Å²) < 4.78 is 0. The minimum Gasteiger partial charge on any atom is -0.353 e. The Labute approximate surface area is 206 Å². The first-order valence-corrected chi connectivity index (χ1v) is 14.8. The molecule has 1 aliphatic heterocycles. The Hall–Kier alpha value is -1.06. The van der Waals surface area contributed by atoms with E-state index >= 15 is 0 Å². The molecular formula is C30H46N2O2. The van der Waals surface area contributed by atoms with E-state index in [0.717, 1.165) is 61.2 Å². The van der Waals surface area contributed by atoms with Crippen LogP contribution in [0.1, 0.15) is 97.3 Å². The highest BCUT2D eigenvalue weighted by atomic mass is 16.2. The van der Waals surface area contributed by atoms with E-state index < -0.39 is 0 Å². The monoisotopic (exact) mass is 466 g/mol. The van der Waals surface area contributed by atoms with Gasteiger partial charge in [0.15, 0.2) is 0 Å². The van der Waals surface area contributed by atoms with E-state index in [1.807, 2.05) is 0 Å². The third-order valence-corrected chi connectivity index (χ3v) is 13.4. The van der Waals surface area contributed by atoms with Gasteiger partial charge >= 0.3 is 0 Å². The van der Waals surface area contributed by atoms with Crippen LogP contribution in [-0.2, 0) is 9.59 Å². The second-order valence-corrected chi connectivity index (χ2v) is 14.6. The first kappa shape index (κ1) is 22.2. The maximum absolute atomic E-state index is 13.9. The van der Waals surface area contributed by atoms with Crippen molar-refractivity contribution in [3.63, 3.8) is 0 Å². The maximum atomic E-state index is 13.9. The second kappa shape index (κ2) is 7.48.